The van der Waals surface area contributed by atoms with Crippen LogP contribution >= 0.6 is 0 Å². The van der Waals surface area contributed by atoms with E-state index in [4.69, 9.17) is 4.74 Å². The Hall–Kier alpha value is -3.23. The van der Waals surface area contributed by atoms with Gasteiger partial charge in [-0.25, -0.2) is 4.79 Å². The molecule has 1 aromatic carbocycles. The fraction of sp³-hybridized carbons (Fsp3) is 0.353. The maximum absolute atomic E-state index is 11.7. The van der Waals surface area contributed by atoms with Gasteiger partial charge in [-0.1, -0.05) is 19.1 Å². The molecule has 0 aliphatic carbocycles. The van der Waals surface area contributed by atoms with Crippen LogP contribution in [0.15, 0.2) is 30.3 Å². The maximum Gasteiger partial charge on any atom is 0.331 e. The molecule has 1 atom stereocenters. The summed E-state index contributed by atoms with van der Waals surface area (Å²) in [5.74, 6) is -1.79. The molecule has 0 fully saturated rings. The summed E-state index contributed by atoms with van der Waals surface area (Å²) in [6.45, 7) is 3.36. The van der Waals surface area contributed by atoms with E-state index in [1.54, 1.807) is 6.07 Å². The van der Waals surface area contributed by atoms with Crippen LogP contribution in [0.5, 0.6) is 0 Å². The molecule has 0 aliphatic rings. The van der Waals surface area contributed by atoms with Crippen LogP contribution in [0.25, 0.3) is 6.08 Å². The van der Waals surface area contributed by atoms with Gasteiger partial charge in [0.15, 0.2) is 6.61 Å². The molecule has 0 spiro atoms. The predicted molar refractivity (Wildman–Crippen MR) is 94.0 cm³/mol. The third-order valence-corrected chi connectivity index (χ3v) is 3.20. The Bertz CT molecular complexity index is 701. The molecule has 2 amide bonds. The topological polar surface area (TPSA) is 128 Å². The zero-order chi connectivity index (χ0) is 19.5. The van der Waals surface area contributed by atoms with Gasteiger partial charge in [0.05, 0.1) is 10.5 Å². The SMILES string of the molecule is CCCNC(=O)[C@@H](C)NC(=O)COC(=O)/C=C/c1ccccc1[N+](=O)[O-]. The molecule has 1 aromatic rings. The van der Waals surface area contributed by atoms with E-state index in [1.807, 2.05) is 6.92 Å². The van der Waals surface area contributed by atoms with Crippen molar-refractivity contribution in [3.63, 3.8) is 0 Å². The van der Waals surface area contributed by atoms with Gasteiger partial charge in [0, 0.05) is 18.7 Å². The molecule has 0 radical (unpaired) electrons. The van der Waals surface area contributed by atoms with Gasteiger partial charge in [-0.05, 0) is 25.5 Å². The molecular formula is C17H21N3O6. The van der Waals surface area contributed by atoms with E-state index >= 15 is 0 Å². The van der Waals surface area contributed by atoms with E-state index in [0.717, 1.165) is 12.5 Å². The van der Waals surface area contributed by atoms with Gasteiger partial charge in [-0.15, -0.1) is 0 Å². The summed E-state index contributed by atoms with van der Waals surface area (Å²) in [7, 11) is 0. The van der Waals surface area contributed by atoms with Gasteiger partial charge in [0.25, 0.3) is 11.6 Å². The molecule has 0 aliphatic heterocycles. The fourth-order valence-corrected chi connectivity index (χ4v) is 1.89. The van der Waals surface area contributed by atoms with Crippen molar-refractivity contribution in [2.75, 3.05) is 13.2 Å². The summed E-state index contributed by atoms with van der Waals surface area (Å²) < 4.78 is 4.75. The first kappa shape index (κ1) is 20.8. The van der Waals surface area contributed by atoms with Crippen LogP contribution in [-0.2, 0) is 19.1 Å². The van der Waals surface area contributed by atoms with Gasteiger partial charge < -0.3 is 15.4 Å². The van der Waals surface area contributed by atoms with Crippen LogP contribution < -0.4 is 10.6 Å². The molecule has 2 N–H and O–H groups in total. The van der Waals surface area contributed by atoms with Crippen molar-refractivity contribution in [2.45, 2.75) is 26.3 Å². The average Bonchev–Trinajstić information content (AvgIpc) is 2.62. The number of benzene rings is 1. The molecule has 0 heterocycles. The van der Waals surface area contributed by atoms with E-state index < -0.39 is 29.4 Å². The Morgan fingerprint density at radius 1 is 1.31 bits per heavy atom. The number of nitro benzene ring substituents is 1. The zero-order valence-corrected chi connectivity index (χ0v) is 14.6. The summed E-state index contributed by atoms with van der Waals surface area (Å²) in [5.41, 5.74) is 0.0846. The number of carbonyl (C=O) groups is 3. The normalized spacial score (nSPS) is 11.6. The van der Waals surface area contributed by atoms with E-state index in [0.29, 0.717) is 6.54 Å². The van der Waals surface area contributed by atoms with Gasteiger partial charge >= 0.3 is 5.97 Å². The number of rotatable bonds is 9. The largest absolute Gasteiger partial charge is 0.452 e. The molecule has 26 heavy (non-hydrogen) atoms. The lowest BCUT2D eigenvalue weighted by atomic mass is 10.1. The van der Waals surface area contributed by atoms with Crippen LogP contribution in [0, 0.1) is 10.1 Å². The number of hydrogen-bond donors (Lipinski definition) is 2. The van der Waals surface area contributed by atoms with Crippen molar-refractivity contribution in [3.8, 4) is 0 Å². The first-order valence-corrected chi connectivity index (χ1v) is 8.00. The molecule has 0 unspecified atom stereocenters. The lowest BCUT2D eigenvalue weighted by Gasteiger charge is -2.13. The zero-order valence-electron chi connectivity index (χ0n) is 14.6. The second-order valence-corrected chi connectivity index (χ2v) is 5.34. The Kier molecular flexibility index (Phi) is 8.48. The quantitative estimate of drug-likeness (QED) is 0.293. The van der Waals surface area contributed by atoms with Crippen molar-refractivity contribution < 1.29 is 24.0 Å². The summed E-state index contributed by atoms with van der Waals surface area (Å²) >= 11 is 0. The third-order valence-electron chi connectivity index (χ3n) is 3.20. The van der Waals surface area contributed by atoms with Crippen LogP contribution in [0.1, 0.15) is 25.8 Å². The number of nitro groups is 1. The molecule has 9 heteroatoms. The van der Waals surface area contributed by atoms with E-state index in [-0.39, 0.29) is 17.2 Å². The minimum atomic E-state index is -0.832. The number of nitrogens with one attached hydrogen (secondary N) is 2. The Morgan fingerprint density at radius 2 is 2.00 bits per heavy atom. The number of hydrogen-bond acceptors (Lipinski definition) is 6. The third kappa shape index (κ3) is 7.12. The molecular weight excluding hydrogens is 342 g/mol. The van der Waals surface area contributed by atoms with Crippen LogP contribution in [-0.4, -0.2) is 41.9 Å². The molecule has 1 rings (SSSR count). The second kappa shape index (κ2) is 10.6. The smallest absolute Gasteiger partial charge is 0.331 e. The average molecular weight is 363 g/mol. The summed E-state index contributed by atoms with van der Waals surface area (Å²) in [6, 6.07) is 5.14. The van der Waals surface area contributed by atoms with Crippen molar-refractivity contribution in [2.24, 2.45) is 0 Å². The van der Waals surface area contributed by atoms with E-state index in [9.17, 15) is 24.5 Å². The number of nitrogens with zero attached hydrogens (tertiary/aromatic N) is 1. The molecule has 140 valence electrons. The molecule has 0 saturated carbocycles. The van der Waals surface area contributed by atoms with Gasteiger partial charge in [0.1, 0.15) is 6.04 Å². The van der Waals surface area contributed by atoms with E-state index in [2.05, 4.69) is 10.6 Å². The fourth-order valence-electron chi connectivity index (χ4n) is 1.89. The van der Waals surface area contributed by atoms with Crippen molar-refractivity contribution in [3.05, 3.63) is 46.0 Å². The maximum atomic E-state index is 11.7. The van der Waals surface area contributed by atoms with Crippen LogP contribution in [0.4, 0.5) is 5.69 Å². The number of amides is 2. The lowest BCUT2D eigenvalue weighted by molar-refractivity contribution is -0.385. The first-order valence-electron chi connectivity index (χ1n) is 8.00. The number of ether oxygens (including phenoxy) is 1. The Labute approximate surface area is 150 Å². The van der Waals surface area contributed by atoms with Crippen LogP contribution in [0.2, 0.25) is 0 Å². The summed E-state index contributed by atoms with van der Waals surface area (Å²) in [4.78, 5) is 45.2. The summed E-state index contributed by atoms with van der Waals surface area (Å²) in [6.07, 6.45) is 3.00. The minimum Gasteiger partial charge on any atom is -0.452 e. The molecule has 0 bridgehead atoms. The predicted octanol–water partition coefficient (Wildman–Crippen LogP) is 1.18. The van der Waals surface area contributed by atoms with Crippen molar-refractivity contribution in [1.29, 1.82) is 0 Å². The first-order chi connectivity index (χ1) is 12.3. The van der Waals surface area contributed by atoms with Gasteiger partial charge in [-0.3, -0.25) is 19.7 Å². The highest BCUT2D eigenvalue weighted by atomic mass is 16.6. The number of carbonyl (C=O) groups excluding carboxylic acids is 3. The Balaban J connectivity index is 2.48. The highest BCUT2D eigenvalue weighted by Crippen LogP contribution is 2.18. The van der Waals surface area contributed by atoms with Crippen LogP contribution in [0.3, 0.4) is 0 Å². The van der Waals surface area contributed by atoms with Gasteiger partial charge in [0.2, 0.25) is 5.91 Å². The monoisotopic (exact) mass is 363 g/mol. The summed E-state index contributed by atoms with van der Waals surface area (Å²) in [5, 5.41) is 15.9. The van der Waals surface area contributed by atoms with Crippen molar-refractivity contribution >= 4 is 29.5 Å². The molecule has 9 nitrogen and oxygen atoms in total. The van der Waals surface area contributed by atoms with Gasteiger partial charge in [-0.2, -0.15) is 0 Å². The molecule has 0 aromatic heterocycles. The Morgan fingerprint density at radius 3 is 2.65 bits per heavy atom. The highest BCUT2D eigenvalue weighted by Gasteiger charge is 2.16. The second-order valence-electron chi connectivity index (χ2n) is 5.34. The van der Waals surface area contributed by atoms with Crippen molar-refractivity contribution in [1.82, 2.24) is 10.6 Å². The minimum absolute atomic E-state index is 0.152. The molecule has 0 saturated heterocycles. The number of esters is 1. The number of para-hydroxylation sites is 1. The van der Waals surface area contributed by atoms with E-state index in [1.165, 1.54) is 31.2 Å². The standard InChI is InChI=1S/C17H21N3O6/c1-3-10-18-17(23)12(2)19-15(21)11-26-16(22)9-8-13-6-4-5-7-14(13)20(24)25/h4-9,12H,3,10-11H2,1-2H3,(H,18,23)(H,19,21)/b9-8+/t12-/m1/s1. The lowest BCUT2D eigenvalue weighted by Crippen LogP contribution is -2.46. The highest BCUT2D eigenvalue weighted by molar-refractivity contribution is 5.91.